The molecular formula is C18H17ClN2O3. The van der Waals surface area contributed by atoms with Gasteiger partial charge in [0.15, 0.2) is 0 Å². The van der Waals surface area contributed by atoms with Crippen LogP contribution in [0.1, 0.15) is 34.3 Å². The third-order valence-corrected chi connectivity index (χ3v) is 4.21. The number of carbonyl (C=O) groups is 1. The van der Waals surface area contributed by atoms with E-state index in [2.05, 4.69) is 10.5 Å². The number of halogens is 1. The zero-order valence-corrected chi connectivity index (χ0v) is 13.9. The average Bonchev–Trinajstić information content (AvgIpc) is 2.61. The fraction of sp³-hybridized carbons (Fsp3) is 0.222. The number of phenols is 1. The van der Waals surface area contributed by atoms with Crippen molar-refractivity contribution >= 4 is 23.2 Å². The summed E-state index contributed by atoms with van der Waals surface area (Å²) >= 11 is 5.87. The van der Waals surface area contributed by atoms with Gasteiger partial charge < -0.3 is 9.84 Å². The molecule has 2 aromatic rings. The van der Waals surface area contributed by atoms with E-state index < -0.39 is 5.91 Å². The van der Waals surface area contributed by atoms with Gasteiger partial charge >= 0.3 is 0 Å². The maximum Gasteiger partial charge on any atom is 0.275 e. The summed E-state index contributed by atoms with van der Waals surface area (Å²) in [4.78, 5) is 12.2. The van der Waals surface area contributed by atoms with Gasteiger partial charge in [0, 0.05) is 10.6 Å². The van der Waals surface area contributed by atoms with Crippen LogP contribution in [-0.2, 0) is 6.42 Å². The highest BCUT2D eigenvalue weighted by atomic mass is 35.5. The molecule has 5 nitrogen and oxygen atoms in total. The summed E-state index contributed by atoms with van der Waals surface area (Å²) in [6.07, 6.45) is 2.69. The van der Waals surface area contributed by atoms with Crippen molar-refractivity contribution in [2.75, 3.05) is 7.11 Å². The predicted molar refractivity (Wildman–Crippen MR) is 93.1 cm³/mol. The summed E-state index contributed by atoms with van der Waals surface area (Å²) in [6, 6.07) is 10.1. The molecule has 0 fully saturated rings. The maximum absolute atomic E-state index is 12.2. The third kappa shape index (κ3) is 3.36. The number of methoxy groups -OCH3 is 1. The van der Waals surface area contributed by atoms with Crippen LogP contribution in [0, 0.1) is 0 Å². The second-order valence-corrected chi connectivity index (χ2v) is 5.97. The topological polar surface area (TPSA) is 70.9 Å². The Balaban J connectivity index is 1.83. The fourth-order valence-electron chi connectivity index (χ4n) is 2.75. The summed E-state index contributed by atoms with van der Waals surface area (Å²) in [5.41, 5.74) is 5.58. The van der Waals surface area contributed by atoms with Gasteiger partial charge in [0.25, 0.3) is 5.91 Å². The van der Waals surface area contributed by atoms with Crippen LogP contribution in [0.5, 0.6) is 11.5 Å². The first-order valence-corrected chi connectivity index (χ1v) is 7.99. The number of ether oxygens (including phenoxy) is 1. The van der Waals surface area contributed by atoms with Crippen molar-refractivity contribution in [2.45, 2.75) is 19.3 Å². The number of hydrogen-bond donors (Lipinski definition) is 2. The van der Waals surface area contributed by atoms with Crippen LogP contribution in [-0.4, -0.2) is 23.8 Å². The quantitative estimate of drug-likeness (QED) is 0.837. The Kier molecular flexibility index (Phi) is 4.71. The van der Waals surface area contributed by atoms with Crippen LogP contribution in [0.25, 0.3) is 0 Å². The number of aryl methyl sites for hydroxylation is 1. The van der Waals surface area contributed by atoms with Gasteiger partial charge in [0.2, 0.25) is 0 Å². The van der Waals surface area contributed by atoms with E-state index in [-0.39, 0.29) is 11.3 Å². The van der Waals surface area contributed by atoms with E-state index in [0.29, 0.717) is 5.02 Å². The molecule has 2 N–H and O–H groups in total. The Bertz CT molecular complexity index is 818. The SMILES string of the molecule is COc1ccc2c(c1)CCCC2=NNC(=O)c1cc(Cl)ccc1O. The summed E-state index contributed by atoms with van der Waals surface area (Å²) < 4.78 is 5.25. The molecule has 6 heteroatoms. The van der Waals surface area contributed by atoms with Crippen molar-refractivity contribution in [2.24, 2.45) is 5.10 Å². The Morgan fingerprint density at radius 1 is 1.25 bits per heavy atom. The molecule has 0 aliphatic heterocycles. The minimum Gasteiger partial charge on any atom is -0.507 e. The molecule has 0 saturated heterocycles. The molecule has 3 rings (SSSR count). The molecule has 0 saturated carbocycles. The Labute approximate surface area is 144 Å². The van der Waals surface area contributed by atoms with Crippen LogP contribution in [0.4, 0.5) is 0 Å². The molecule has 0 aromatic heterocycles. The minimum atomic E-state index is -0.497. The number of benzene rings is 2. The van der Waals surface area contributed by atoms with Crippen molar-refractivity contribution in [3.05, 3.63) is 58.1 Å². The second kappa shape index (κ2) is 6.93. The first-order valence-electron chi connectivity index (χ1n) is 7.61. The van der Waals surface area contributed by atoms with Crippen LogP contribution >= 0.6 is 11.6 Å². The molecule has 0 heterocycles. The molecule has 24 heavy (non-hydrogen) atoms. The number of hydrogen-bond acceptors (Lipinski definition) is 4. The summed E-state index contributed by atoms with van der Waals surface area (Å²) in [5.74, 6) is 0.178. The zero-order chi connectivity index (χ0) is 17.1. The number of hydrazone groups is 1. The van der Waals surface area contributed by atoms with Crippen LogP contribution in [0.2, 0.25) is 5.02 Å². The van der Waals surface area contributed by atoms with Crippen LogP contribution < -0.4 is 10.2 Å². The smallest absolute Gasteiger partial charge is 0.275 e. The highest BCUT2D eigenvalue weighted by molar-refractivity contribution is 6.31. The lowest BCUT2D eigenvalue weighted by Gasteiger charge is -2.18. The normalized spacial score (nSPS) is 15.0. The number of nitrogens with zero attached hydrogens (tertiary/aromatic N) is 1. The molecule has 0 atom stereocenters. The van der Waals surface area contributed by atoms with E-state index in [1.54, 1.807) is 7.11 Å². The van der Waals surface area contributed by atoms with Crippen molar-refractivity contribution < 1.29 is 14.6 Å². The number of phenolic OH excluding ortho intramolecular Hbond substituents is 1. The first kappa shape index (κ1) is 16.3. The van der Waals surface area contributed by atoms with Crippen molar-refractivity contribution in [1.82, 2.24) is 5.43 Å². The van der Waals surface area contributed by atoms with Crippen molar-refractivity contribution in [3.63, 3.8) is 0 Å². The van der Waals surface area contributed by atoms with E-state index in [1.807, 2.05) is 18.2 Å². The summed E-state index contributed by atoms with van der Waals surface area (Å²) in [7, 11) is 1.64. The second-order valence-electron chi connectivity index (χ2n) is 5.54. The highest BCUT2D eigenvalue weighted by Gasteiger charge is 2.17. The van der Waals surface area contributed by atoms with Crippen LogP contribution in [0.3, 0.4) is 0 Å². The Morgan fingerprint density at radius 3 is 2.88 bits per heavy atom. The lowest BCUT2D eigenvalue weighted by molar-refractivity contribution is 0.0952. The van der Waals surface area contributed by atoms with Gasteiger partial charge in [-0.15, -0.1) is 0 Å². The molecule has 1 amide bonds. The van der Waals surface area contributed by atoms with Gasteiger partial charge in [-0.1, -0.05) is 11.6 Å². The average molecular weight is 345 g/mol. The van der Waals surface area contributed by atoms with Gasteiger partial charge in [-0.25, -0.2) is 5.43 Å². The standard InChI is InChI=1S/C18H17ClN2O3/c1-24-13-6-7-14-11(9-13)3-2-4-16(14)20-21-18(23)15-10-12(19)5-8-17(15)22/h5-10,22H,2-4H2,1H3,(H,21,23). The number of carbonyl (C=O) groups excluding carboxylic acids is 1. The Morgan fingerprint density at radius 2 is 2.08 bits per heavy atom. The van der Waals surface area contributed by atoms with Gasteiger partial charge in [-0.2, -0.15) is 5.10 Å². The van der Waals surface area contributed by atoms with E-state index in [1.165, 1.54) is 18.2 Å². The summed E-state index contributed by atoms with van der Waals surface area (Å²) in [5, 5.41) is 14.4. The maximum atomic E-state index is 12.2. The van der Waals surface area contributed by atoms with E-state index in [4.69, 9.17) is 16.3 Å². The third-order valence-electron chi connectivity index (χ3n) is 3.98. The van der Waals surface area contributed by atoms with Crippen molar-refractivity contribution in [1.29, 1.82) is 0 Å². The predicted octanol–water partition coefficient (Wildman–Crippen LogP) is 3.52. The number of aromatic hydroxyl groups is 1. The van der Waals surface area contributed by atoms with E-state index in [0.717, 1.165) is 41.9 Å². The summed E-state index contributed by atoms with van der Waals surface area (Å²) in [6.45, 7) is 0. The molecule has 2 aromatic carbocycles. The molecular weight excluding hydrogens is 328 g/mol. The molecule has 0 radical (unpaired) electrons. The number of fused-ring (bicyclic) bond motifs is 1. The zero-order valence-electron chi connectivity index (χ0n) is 13.2. The monoisotopic (exact) mass is 344 g/mol. The molecule has 1 aliphatic rings. The number of nitrogens with one attached hydrogen (secondary N) is 1. The minimum absolute atomic E-state index is 0.0950. The molecule has 1 aliphatic carbocycles. The van der Waals surface area contributed by atoms with Gasteiger partial charge in [0.1, 0.15) is 11.5 Å². The molecule has 124 valence electrons. The van der Waals surface area contributed by atoms with Gasteiger partial charge in [-0.3, -0.25) is 4.79 Å². The molecule has 0 unspecified atom stereocenters. The largest absolute Gasteiger partial charge is 0.507 e. The number of amides is 1. The van der Waals surface area contributed by atoms with Gasteiger partial charge in [-0.05, 0) is 61.2 Å². The lowest BCUT2D eigenvalue weighted by atomic mass is 9.90. The number of rotatable bonds is 3. The van der Waals surface area contributed by atoms with E-state index in [9.17, 15) is 9.90 Å². The van der Waals surface area contributed by atoms with Crippen LogP contribution in [0.15, 0.2) is 41.5 Å². The highest BCUT2D eigenvalue weighted by Crippen LogP contribution is 2.26. The van der Waals surface area contributed by atoms with Gasteiger partial charge in [0.05, 0.1) is 18.4 Å². The molecule has 0 bridgehead atoms. The Hall–Kier alpha value is -2.53. The first-order chi connectivity index (χ1) is 11.6. The lowest BCUT2D eigenvalue weighted by Crippen LogP contribution is -2.22. The van der Waals surface area contributed by atoms with E-state index >= 15 is 0 Å². The van der Waals surface area contributed by atoms with Crippen molar-refractivity contribution in [3.8, 4) is 11.5 Å². The fourth-order valence-corrected chi connectivity index (χ4v) is 2.92. The molecule has 0 spiro atoms.